The molecule has 1 aromatic rings. The molecule has 67 heavy (non-hydrogen) atoms. The molecule has 0 bridgehead atoms. The van der Waals surface area contributed by atoms with Gasteiger partial charge < -0.3 is 5.32 Å². The smallest absolute Gasteiger partial charge is 0.0378 e. The first kappa shape index (κ1) is 64.0. The molecule has 0 heterocycles. The number of aryl methyl sites for hydroxylation is 1. The fourth-order valence-electron chi connectivity index (χ4n) is 11.2. The van der Waals surface area contributed by atoms with Crippen LogP contribution in [0.1, 0.15) is 378 Å². The van der Waals surface area contributed by atoms with Crippen molar-refractivity contribution in [2.45, 2.75) is 381 Å². The quantitative estimate of drug-likeness (QED) is 0.0642. The molecule has 0 spiro atoms. The number of unbranched alkanes of at least 4 members (excludes halogenated alkanes) is 45. The van der Waals surface area contributed by atoms with Crippen LogP contribution in [0.5, 0.6) is 0 Å². The van der Waals surface area contributed by atoms with Crippen LogP contribution in [-0.4, -0.2) is 6.54 Å². The summed E-state index contributed by atoms with van der Waals surface area (Å²) in [6.07, 6.45) is 76.8. The van der Waals surface area contributed by atoms with Gasteiger partial charge in [-0.3, -0.25) is 0 Å². The zero-order chi connectivity index (χ0) is 48.2. The molecule has 1 nitrogen and oxygen atoms in total. The second-order valence-corrected chi connectivity index (χ2v) is 22.4. The van der Waals surface area contributed by atoms with Gasteiger partial charge in [0.15, 0.2) is 0 Å². The van der Waals surface area contributed by atoms with Gasteiger partial charge in [0.25, 0.3) is 0 Å². The van der Waals surface area contributed by atoms with E-state index in [-0.39, 0.29) is 0 Å². The van der Waals surface area contributed by atoms with Gasteiger partial charge in [-0.05, 0) is 86.1 Å². The summed E-state index contributed by atoms with van der Waals surface area (Å²) in [4.78, 5) is 0. The lowest BCUT2D eigenvalue weighted by Crippen LogP contribution is -2.12. The van der Waals surface area contributed by atoms with Gasteiger partial charge in [-0.2, -0.15) is 0 Å². The minimum Gasteiger partial charge on any atom is -0.385 e. The predicted molar refractivity (Wildman–Crippen MR) is 309 cm³/mol. The third-order valence-electron chi connectivity index (χ3n) is 15.7. The molecule has 396 valence electrons. The summed E-state index contributed by atoms with van der Waals surface area (Å²) in [5.74, 6) is 0. The standard InChI is InChI=1S/C66H127N/c1-6-11-16-21-26-27-28-29-30-31-32-33-34-35-36-37-38-39-40-41-42-43-44-45-50-55-60-67-66-61-62(56-51-46-22-17-12-7-2)63(57-52-47-23-18-13-8-3)64(58-53-48-24-19-14-9-4)65(66)59-54-49-25-20-15-10-5/h61,67H,6-60H2,1-5H3. The molecule has 0 aliphatic carbocycles. The molecular weight excluding hydrogens is 807 g/mol. The van der Waals surface area contributed by atoms with Crippen LogP contribution in [-0.2, 0) is 25.7 Å². The van der Waals surface area contributed by atoms with Gasteiger partial charge in [0.1, 0.15) is 0 Å². The molecular formula is C66H127N. The van der Waals surface area contributed by atoms with Crippen LogP contribution < -0.4 is 5.32 Å². The normalized spacial score (nSPS) is 11.7. The Labute approximate surface area is 425 Å². The molecule has 1 heteroatoms. The first-order valence-electron chi connectivity index (χ1n) is 32.1. The molecule has 0 aliphatic rings. The molecule has 0 radical (unpaired) electrons. The van der Waals surface area contributed by atoms with Crippen molar-refractivity contribution in [1.82, 2.24) is 0 Å². The number of nitrogens with one attached hydrogen (secondary N) is 1. The first-order valence-corrected chi connectivity index (χ1v) is 32.1. The van der Waals surface area contributed by atoms with Crippen molar-refractivity contribution in [3.8, 4) is 0 Å². The maximum atomic E-state index is 4.18. The van der Waals surface area contributed by atoms with Crippen molar-refractivity contribution < 1.29 is 0 Å². The van der Waals surface area contributed by atoms with Gasteiger partial charge in [-0.25, -0.2) is 0 Å². The van der Waals surface area contributed by atoms with E-state index in [1.165, 1.54) is 347 Å². The summed E-state index contributed by atoms with van der Waals surface area (Å²) in [5, 5.41) is 4.18. The summed E-state index contributed by atoms with van der Waals surface area (Å²) in [6, 6.07) is 2.73. The molecule has 0 saturated heterocycles. The van der Waals surface area contributed by atoms with E-state index in [1.54, 1.807) is 16.8 Å². The van der Waals surface area contributed by atoms with E-state index in [0.717, 1.165) is 6.54 Å². The molecule has 0 atom stereocenters. The van der Waals surface area contributed by atoms with Crippen molar-refractivity contribution in [2.24, 2.45) is 0 Å². The van der Waals surface area contributed by atoms with Crippen molar-refractivity contribution in [3.63, 3.8) is 0 Å². The highest BCUT2D eigenvalue weighted by atomic mass is 14.9. The Kier molecular flexibility index (Phi) is 50.5. The third kappa shape index (κ3) is 40.3. The van der Waals surface area contributed by atoms with Crippen LogP contribution in [0, 0.1) is 0 Å². The summed E-state index contributed by atoms with van der Waals surface area (Å²) in [7, 11) is 0. The van der Waals surface area contributed by atoms with E-state index in [9.17, 15) is 0 Å². The SMILES string of the molecule is CCCCCCCCCCCCCCCCCCCCCCCCCCCCNc1cc(CCCCCCCC)c(CCCCCCCC)c(CCCCCCCC)c1CCCCCCCC. The molecule has 0 aliphatic heterocycles. The summed E-state index contributed by atoms with van der Waals surface area (Å²) in [6.45, 7) is 12.9. The number of hydrogen-bond donors (Lipinski definition) is 1. The zero-order valence-corrected chi connectivity index (χ0v) is 47.5. The van der Waals surface area contributed by atoms with Crippen molar-refractivity contribution in [3.05, 3.63) is 28.3 Å². The second-order valence-electron chi connectivity index (χ2n) is 22.4. The van der Waals surface area contributed by atoms with Crippen molar-refractivity contribution in [2.75, 3.05) is 11.9 Å². The zero-order valence-electron chi connectivity index (χ0n) is 47.5. The molecule has 0 aromatic heterocycles. The molecule has 0 fully saturated rings. The monoisotopic (exact) mass is 934 g/mol. The van der Waals surface area contributed by atoms with Gasteiger partial charge in [-0.15, -0.1) is 0 Å². The first-order chi connectivity index (χ1) is 33.2. The van der Waals surface area contributed by atoms with Gasteiger partial charge in [0.05, 0.1) is 0 Å². The Morgan fingerprint density at radius 1 is 0.224 bits per heavy atom. The van der Waals surface area contributed by atoms with E-state index < -0.39 is 0 Å². The molecule has 0 amide bonds. The van der Waals surface area contributed by atoms with Gasteiger partial charge in [0.2, 0.25) is 0 Å². The van der Waals surface area contributed by atoms with E-state index in [1.807, 2.05) is 11.1 Å². The summed E-state index contributed by atoms with van der Waals surface area (Å²) < 4.78 is 0. The molecule has 0 unspecified atom stereocenters. The Bertz CT molecular complexity index is 1100. The van der Waals surface area contributed by atoms with Gasteiger partial charge in [0, 0.05) is 12.2 Å². The van der Waals surface area contributed by atoms with Gasteiger partial charge in [-0.1, -0.05) is 324 Å². The number of rotatable bonds is 56. The van der Waals surface area contributed by atoms with Crippen molar-refractivity contribution >= 4 is 5.69 Å². The fraction of sp³-hybridized carbons (Fsp3) is 0.909. The molecule has 1 rings (SSSR count). The topological polar surface area (TPSA) is 12.0 Å². The minimum atomic E-state index is 1.16. The van der Waals surface area contributed by atoms with Crippen molar-refractivity contribution in [1.29, 1.82) is 0 Å². The van der Waals surface area contributed by atoms with Crippen LogP contribution in [0.3, 0.4) is 0 Å². The third-order valence-corrected chi connectivity index (χ3v) is 15.7. The lowest BCUT2D eigenvalue weighted by atomic mass is 9.84. The van der Waals surface area contributed by atoms with E-state index in [2.05, 4.69) is 46.0 Å². The summed E-state index contributed by atoms with van der Waals surface area (Å²) in [5.41, 5.74) is 8.70. The number of anilines is 1. The highest BCUT2D eigenvalue weighted by Gasteiger charge is 2.18. The van der Waals surface area contributed by atoms with Crippen LogP contribution in [0.4, 0.5) is 5.69 Å². The fourth-order valence-corrected chi connectivity index (χ4v) is 11.2. The van der Waals surface area contributed by atoms with Crippen LogP contribution >= 0.6 is 0 Å². The van der Waals surface area contributed by atoms with Crippen LogP contribution in [0.25, 0.3) is 0 Å². The maximum Gasteiger partial charge on any atom is 0.0378 e. The van der Waals surface area contributed by atoms with Gasteiger partial charge >= 0.3 is 0 Å². The van der Waals surface area contributed by atoms with E-state index in [0.29, 0.717) is 0 Å². The highest BCUT2D eigenvalue weighted by Crippen LogP contribution is 2.34. The molecule has 1 aromatic carbocycles. The largest absolute Gasteiger partial charge is 0.385 e. The minimum absolute atomic E-state index is 1.16. The lowest BCUT2D eigenvalue weighted by molar-refractivity contribution is 0.515. The van der Waals surface area contributed by atoms with E-state index in [4.69, 9.17) is 0 Å². The average molecular weight is 935 g/mol. The molecule has 1 N–H and O–H groups in total. The average Bonchev–Trinajstić information content (AvgIpc) is 3.34. The highest BCUT2D eigenvalue weighted by molar-refractivity contribution is 5.61. The maximum absolute atomic E-state index is 4.18. The van der Waals surface area contributed by atoms with Crippen LogP contribution in [0.15, 0.2) is 6.07 Å². The molecule has 0 saturated carbocycles. The Balaban J connectivity index is 2.61. The Morgan fingerprint density at radius 2 is 0.448 bits per heavy atom. The summed E-state index contributed by atoms with van der Waals surface area (Å²) >= 11 is 0. The lowest BCUT2D eigenvalue weighted by Gasteiger charge is -2.24. The predicted octanol–water partition coefficient (Wildman–Crippen LogP) is 23.9. The Hall–Kier alpha value is -0.980. The van der Waals surface area contributed by atoms with Crippen LogP contribution in [0.2, 0.25) is 0 Å². The van der Waals surface area contributed by atoms with E-state index >= 15 is 0 Å². The number of benzene rings is 1. The number of hydrogen-bond acceptors (Lipinski definition) is 1. The Morgan fingerprint density at radius 3 is 0.746 bits per heavy atom. The second kappa shape index (κ2) is 52.8.